The van der Waals surface area contributed by atoms with Gasteiger partial charge >= 0.3 is 0 Å². The summed E-state index contributed by atoms with van der Waals surface area (Å²) in [7, 11) is 0. The molecule has 0 atom stereocenters. The van der Waals surface area contributed by atoms with Gasteiger partial charge in [0.2, 0.25) is 0 Å². The molecule has 18 heavy (non-hydrogen) atoms. The molecule has 0 N–H and O–H groups in total. The third-order valence-corrected chi connectivity index (χ3v) is 3.91. The van der Waals surface area contributed by atoms with E-state index in [1.807, 2.05) is 24.3 Å². The smallest absolute Gasteiger partial charge is 0.262 e. The van der Waals surface area contributed by atoms with Crippen LogP contribution in [0.4, 0.5) is 0 Å². The number of carbonyl (C=O) groups excluding carboxylic acids is 2. The van der Waals surface area contributed by atoms with Gasteiger partial charge in [0, 0.05) is 22.0 Å². The summed E-state index contributed by atoms with van der Waals surface area (Å²) in [4.78, 5) is 25.9. The average molecular weight is 304 g/mol. The van der Waals surface area contributed by atoms with Crippen molar-refractivity contribution < 1.29 is 9.59 Å². The van der Waals surface area contributed by atoms with Crippen LogP contribution in [-0.2, 0) is 0 Å². The first-order valence-corrected chi connectivity index (χ1v) is 6.52. The lowest BCUT2D eigenvalue weighted by Crippen LogP contribution is -2.40. The number of amides is 2. The maximum Gasteiger partial charge on any atom is 0.262 e. The van der Waals surface area contributed by atoms with Crippen molar-refractivity contribution >= 4 is 38.5 Å². The Morgan fingerprint density at radius 1 is 1.11 bits per heavy atom. The monoisotopic (exact) mass is 303 g/mol. The zero-order chi connectivity index (χ0) is 12.9. The first kappa shape index (κ1) is 11.4. The highest BCUT2D eigenvalue weighted by molar-refractivity contribution is 9.10. The molecule has 0 aliphatic carbocycles. The quantitative estimate of drug-likeness (QED) is 0.759. The van der Waals surface area contributed by atoms with Crippen LogP contribution in [0.5, 0.6) is 0 Å². The van der Waals surface area contributed by atoms with Gasteiger partial charge in [0.25, 0.3) is 11.8 Å². The Labute approximate surface area is 113 Å². The molecule has 0 spiro atoms. The molecule has 4 heteroatoms. The Kier molecular flexibility index (Phi) is 2.48. The normalized spacial score (nSPS) is 14.4. The lowest BCUT2D eigenvalue weighted by molar-refractivity contribution is 0.0619. The van der Waals surface area contributed by atoms with Gasteiger partial charge in [-0.25, -0.2) is 0 Å². The van der Waals surface area contributed by atoms with E-state index in [0.717, 1.165) is 15.2 Å². The Balaban J connectivity index is 2.48. The van der Waals surface area contributed by atoms with Crippen LogP contribution >= 0.6 is 15.9 Å². The van der Waals surface area contributed by atoms with Gasteiger partial charge < -0.3 is 0 Å². The predicted octanol–water partition coefficient (Wildman–Crippen LogP) is 3.22. The fourth-order valence-corrected chi connectivity index (χ4v) is 2.90. The largest absolute Gasteiger partial charge is 0.275 e. The van der Waals surface area contributed by atoms with E-state index in [0.29, 0.717) is 17.7 Å². The van der Waals surface area contributed by atoms with Gasteiger partial charge in [-0.1, -0.05) is 18.2 Å². The molecular formula is C14H10BrNO2. The minimum Gasteiger partial charge on any atom is -0.275 e. The number of nitrogens with zero attached hydrogens (tertiary/aromatic N) is 1. The van der Waals surface area contributed by atoms with Crippen molar-refractivity contribution in [2.24, 2.45) is 0 Å². The van der Waals surface area contributed by atoms with Crippen molar-refractivity contribution in [3.63, 3.8) is 0 Å². The summed E-state index contributed by atoms with van der Waals surface area (Å²) in [6.45, 7) is 2.19. The highest BCUT2D eigenvalue weighted by atomic mass is 79.9. The summed E-state index contributed by atoms with van der Waals surface area (Å²) in [6.07, 6.45) is 0. The Bertz CT molecular complexity index is 693. The minimum absolute atomic E-state index is 0.210. The summed E-state index contributed by atoms with van der Waals surface area (Å²) in [6, 6.07) is 9.29. The predicted molar refractivity (Wildman–Crippen MR) is 72.7 cm³/mol. The van der Waals surface area contributed by atoms with Crippen molar-refractivity contribution in [3.8, 4) is 0 Å². The van der Waals surface area contributed by atoms with E-state index < -0.39 is 0 Å². The summed E-state index contributed by atoms with van der Waals surface area (Å²) in [5.41, 5.74) is 1.19. The van der Waals surface area contributed by atoms with E-state index in [-0.39, 0.29) is 11.8 Å². The van der Waals surface area contributed by atoms with E-state index in [4.69, 9.17) is 0 Å². The number of hydrogen-bond acceptors (Lipinski definition) is 2. The van der Waals surface area contributed by atoms with Crippen LogP contribution in [0.25, 0.3) is 10.8 Å². The van der Waals surface area contributed by atoms with Crippen molar-refractivity contribution in [2.75, 3.05) is 6.54 Å². The van der Waals surface area contributed by atoms with Crippen molar-refractivity contribution in [3.05, 3.63) is 45.9 Å². The van der Waals surface area contributed by atoms with Gasteiger partial charge in [-0.05, 0) is 40.4 Å². The second-order valence-corrected chi connectivity index (χ2v) is 5.03. The van der Waals surface area contributed by atoms with E-state index in [1.165, 1.54) is 4.90 Å². The molecule has 1 heterocycles. The van der Waals surface area contributed by atoms with Crippen LogP contribution in [0, 0.1) is 0 Å². The molecule has 1 aliphatic heterocycles. The van der Waals surface area contributed by atoms with Gasteiger partial charge in [-0.2, -0.15) is 0 Å². The number of halogens is 1. The van der Waals surface area contributed by atoms with Crippen LogP contribution in [0.3, 0.4) is 0 Å². The van der Waals surface area contributed by atoms with Gasteiger partial charge in [-0.3, -0.25) is 14.5 Å². The summed E-state index contributed by atoms with van der Waals surface area (Å²) in [5.74, 6) is -0.433. The third kappa shape index (κ3) is 1.35. The molecule has 2 aromatic rings. The molecule has 2 amide bonds. The number of hydrogen-bond donors (Lipinski definition) is 0. The van der Waals surface area contributed by atoms with Crippen LogP contribution in [0.1, 0.15) is 27.6 Å². The molecule has 0 bridgehead atoms. The van der Waals surface area contributed by atoms with Crippen LogP contribution < -0.4 is 0 Å². The van der Waals surface area contributed by atoms with Gasteiger partial charge in [0.05, 0.1) is 5.56 Å². The number of imide groups is 1. The van der Waals surface area contributed by atoms with Crippen LogP contribution in [0.2, 0.25) is 0 Å². The first-order valence-electron chi connectivity index (χ1n) is 5.72. The molecular weight excluding hydrogens is 294 g/mol. The third-order valence-electron chi connectivity index (χ3n) is 3.25. The first-order chi connectivity index (χ1) is 8.65. The number of benzene rings is 2. The second kappa shape index (κ2) is 3.92. The van der Waals surface area contributed by atoms with Gasteiger partial charge in [0.1, 0.15) is 0 Å². The van der Waals surface area contributed by atoms with E-state index in [2.05, 4.69) is 15.9 Å². The highest BCUT2D eigenvalue weighted by Crippen LogP contribution is 2.34. The molecule has 3 nitrogen and oxygen atoms in total. The zero-order valence-electron chi connectivity index (χ0n) is 9.74. The lowest BCUT2D eigenvalue weighted by Gasteiger charge is -2.26. The molecule has 2 aromatic carbocycles. The Morgan fingerprint density at radius 2 is 1.89 bits per heavy atom. The van der Waals surface area contributed by atoms with Crippen LogP contribution in [-0.4, -0.2) is 23.3 Å². The van der Waals surface area contributed by atoms with E-state index in [9.17, 15) is 9.59 Å². The lowest BCUT2D eigenvalue weighted by atomic mass is 9.94. The highest BCUT2D eigenvalue weighted by Gasteiger charge is 2.32. The standard InChI is InChI=1S/C14H10BrNO2/c1-2-16-13(17)9-5-3-4-8-6-7-10(15)12(11(8)9)14(16)18/h3-7H,2H2,1H3. The molecule has 0 saturated carbocycles. The van der Waals surface area contributed by atoms with Crippen molar-refractivity contribution in [2.45, 2.75) is 6.92 Å². The molecule has 0 fully saturated rings. The van der Waals surface area contributed by atoms with Crippen molar-refractivity contribution in [1.82, 2.24) is 4.90 Å². The maximum absolute atomic E-state index is 12.3. The van der Waals surface area contributed by atoms with Gasteiger partial charge in [-0.15, -0.1) is 0 Å². The Hall–Kier alpha value is -1.68. The van der Waals surface area contributed by atoms with Crippen molar-refractivity contribution in [1.29, 1.82) is 0 Å². The topological polar surface area (TPSA) is 37.4 Å². The van der Waals surface area contributed by atoms with E-state index in [1.54, 1.807) is 13.0 Å². The maximum atomic E-state index is 12.3. The fraction of sp³-hybridized carbons (Fsp3) is 0.143. The zero-order valence-corrected chi connectivity index (χ0v) is 11.3. The molecule has 3 rings (SSSR count). The summed E-state index contributed by atoms with van der Waals surface area (Å²) in [5, 5.41) is 1.68. The molecule has 0 aromatic heterocycles. The number of carbonyl (C=O) groups is 2. The van der Waals surface area contributed by atoms with Crippen LogP contribution in [0.15, 0.2) is 34.8 Å². The summed E-state index contributed by atoms with van der Waals surface area (Å²) >= 11 is 3.40. The van der Waals surface area contributed by atoms with E-state index >= 15 is 0 Å². The molecule has 0 radical (unpaired) electrons. The average Bonchev–Trinajstić information content (AvgIpc) is 2.37. The molecule has 1 aliphatic rings. The molecule has 0 unspecified atom stereocenters. The Morgan fingerprint density at radius 3 is 2.61 bits per heavy atom. The molecule has 90 valence electrons. The second-order valence-electron chi connectivity index (χ2n) is 4.18. The number of rotatable bonds is 1. The van der Waals surface area contributed by atoms with Gasteiger partial charge in [0.15, 0.2) is 0 Å². The SMILES string of the molecule is CCN1C(=O)c2cccc3ccc(Br)c(c23)C1=O. The minimum atomic E-state index is -0.223. The summed E-state index contributed by atoms with van der Waals surface area (Å²) < 4.78 is 0.735. The molecule has 0 saturated heterocycles. The fourth-order valence-electron chi connectivity index (χ4n) is 2.40.